The van der Waals surface area contributed by atoms with E-state index in [-0.39, 0.29) is 0 Å². The topological polar surface area (TPSA) is 53.6 Å². The number of para-hydroxylation sites is 1. The molecule has 4 nitrogen and oxygen atoms in total. The number of aromatic nitrogens is 3. The Morgan fingerprint density at radius 2 is 2.17 bits per heavy atom. The molecule has 0 radical (unpaired) electrons. The Hall–Kier alpha value is -1.84. The first-order chi connectivity index (χ1) is 8.83. The number of nitrogens with one attached hydrogen (secondary N) is 2. The first-order valence-electron chi connectivity index (χ1n) is 6.55. The molecular formula is C14H18N4. The van der Waals surface area contributed by atoms with Gasteiger partial charge >= 0.3 is 0 Å². The molecule has 2 N–H and O–H groups in total. The van der Waals surface area contributed by atoms with Crippen molar-refractivity contribution in [3.8, 4) is 11.4 Å². The van der Waals surface area contributed by atoms with Gasteiger partial charge in [-0.15, -0.1) is 0 Å². The van der Waals surface area contributed by atoms with E-state index in [0.29, 0.717) is 0 Å². The average molecular weight is 242 g/mol. The normalized spacial score (nSPS) is 15.4. The first-order valence-corrected chi connectivity index (χ1v) is 6.55. The number of benzene rings is 1. The number of hydrogen-bond donors (Lipinski definition) is 2. The fraction of sp³-hybridized carbons (Fsp3) is 0.429. The lowest BCUT2D eigenvalue weighted by molar-refractivity contribution is 0.333. The van der Waals surface area contributed by atoms with Crippen molar-refractivity contribution in [2.75, 3.05) is 11.9 Å². The number of H-pyrrole nitrogens is 1. The lowest BCUT2D eigenvalue weighted by atomic mass is 9.85. The standard InChI is InChI=1S/C14H18N4/c1-10-16-14(18-17-10)12-7-2-3-8-13(12)15-9-11-5-4-6-11/h2-3,7-8,11,15H,4-6,9H2,1H3,(H,16,17,18). The van der Waals surface area contributed by atoms with E-state index in [0.717, 1.165) is 35.4 Å². The van der Waals surface area contributed by atoms with Gasteiger partial charge in [0.05, 0.1) is 0 Å². The highest BCUT2D eigenvalue weighted by atomic mass is 15.2. The summed E-state index contributed by atoms with van der Waals surface area (Å²) in [5.74, 6) is 2.45. The van der Waals surface area contributed by atoms with Crippen LogP contribution in [0.15, 0.2) is 24.3 Å². The van der Waals surface area contributed by atoms with Crippen LogP contribution in [0.3, 0.4) is 0 Å². The third-order valence-electron chi connectivity index (χ3n) is 3.57. The predicted octanol–water partition coefficient (Wildman–Crippen LogP) is 2.99. The number of rotatable bonds is 4. The Balaban J connectivity index is 1.80. The van der Waals surface area contributed by atoms with Gasteiger partial charge < -0.3 is 5.32 Å². The summed E-state index contributed by atoms with van der Waals surface area (Å²) in [7, 11) is 0. The van der Waals surface area contributed by atoms with E-state index in [1.165, 1.54) is 19.3 Å². The maximum Gasteiger partial charge on any atom is 0.183 e. The van der Waals surface area contributed by atoms with Crippen molar-refractivity contribution in [3.63, 3.8) is 0 Å². The van der Waals surface area contributed by atoms with Crippen molar-refractivity contribution in [2.24, 2.45) is 5.92 Å². The van der Waals surface area contributed by atoms with Crippen LogP contribution in [0.2, 0.25) is 0 Å². The molecule has 1 saturated carbocycles. The average Bonchev–Trinajstić information content (AvgIpc) is 2.74. The third kappa shape index (κ3) is 2.23. The molecule has 1 aromatic carbocycles. The summed E-state index contributed by atoms with van der Waals surface area (Å²) in [5, 5.41) is 10.7. The van der Waals surface area contributed by atoms with Crippen molar-refractivity contribution in [1.82, 2.24) is 15.2 Å². The van der Waals surface area contributed by atoms with Crippen LogP contribution >= 0.6 is 0 Å². The summed E-state index contributed by atoms with van der Waals surface area (Å²) in [5.41, 5.74) is 2.20. The van der Waals surface area contributed by atoms with Crippen molar-refractivity contribution in [2.45, 2.75) is 26.2 Å². The highest BCUT2D eigenvalue weighted by Gasteiger charge is 2.17. The summed E-state index contributed by atoms with van der Waals surface area (Å²) < 4.78 is 0. The Kier molecular flexibility index (Phi) is 3.00. The molecule has 1 aliphatic carbocycles. The fourth-order valence-corrected chi connectivity index (χ4v) is 2.25. The van der Waals surface area contributed by atoms with E-state index in [1.54, 1.807) is 0 Å². The Morgan fingerprint density at radius 1 is 1.33 bits per heavy atom. The highest BCUT2D eigenvalue weighted by Crippen LogP contribution is 2.29. The summed E-state index contributed by atoms with van der Waals surface area (Å²) in [6, 6.07) is 8.23. The monoisotopic (exact) mass is 242 g/mol. The fourth-order valence-electron chi connectivity index (χ4n) is 2.25. The Morgan fingerprint density at radius 3 is 2.83 bits per heavy atom. The van der Waals surface area contributed by atoms with E-state index in [4.69, 9.17) is 0 Å². The van der Waals surface area contributed by atoms with Crippen LogP contribution in [0.1, 0.15) is 25.1 Å². The minimum atomic E-state index is 0.768. The zero-order chi connectivity index (χ0) is 12.4. The Bertz CT molecular complexity index is 528. The van der Waals surface area contributed by atoms with Crippen molar-refractivity contribution in [1.29, 1.82) is 0 Å². The summed E-state index contributed by atoms with van der Waals surface area (Å²) in [6.45, 7) is 2.97. The van der Waals surface area contributed by atoms with Crippen LogP contribution in [0.5, 0.6) is 0 Å². The summed E-state index contributed by atoms with van der Waals surface area (Å²) in [6.07, 6.45) is 4.10. The SMILES string of the molecule is Cc1nc(-c2ccccc2NCC2CCC2)n[nH]1. The van der Waals surface area contributed by atoms with E-state index in [1.807, 2.05) is 19.1 Å². The Labute approximate surface area is 107 Å². The molecule has 0 spiro atoms. The van der Waals surface area contributed by atoms with Crippen LogP contribution in [0.4, 0.5) is 5.69 Å². The maximum atomic E-state index is 4.40. The van der Waals surface area contributed by atoms with Crippen LogP contribution in [-0.2, 0) is 0 Å². The minimum absolute atomic E-state index is 0.768. The van der Waals surface area contributed by atoms with Crippen LogP contribution < -0.4 is 5.32 Å². The molecular weight excluding hydrogens is 224 g/mol. The molecule has 0 atom stereocenters. The number of aryl methyl sites for hydroxylation is 1. The van der Waals surface area contributed by atoms with Gasteiger partial charge in [0.2, 0.25) is 0 Å². The van der Waals surface area contributed by atoms with Crippen LogP contribution in [0, 0.1) is 12.8 Å². The predicted molar refractivity (Wildman–Crippen MR) is 72.4 cm³/mol. The maximum absolute atomic E-state index is 4.40. The molecule has 1 heterocycles. The molecule has 0 bridgehead atoms. The van der Waals surface area contributed by atoms with Gasteiger partial charge in [0.25, 0.3) is 0 Å². The van der Waals surface area contributed by atoms with Gasteiger partial charge in [0.15, 0.2) is 5.82 Å². The molecule has 94 valence electrons. The number of aromatic amines is 1. The van der Waals surface area contributed by atoms with Crippen molar-refractivity contribution < 1.29 is 0 Å². The smallest absolute Gasteiger partial charge is 0.183 e. The molecule has 18 heavy (non-hydrogen) atoms. The van der Waals surface area contributed by atoms with Gasteiger partial charge in [-0.05, 0) is 37.8 Å². The second-order valence-electron chi connectivity index (χ2n) is 4.97. The van der Waals surface area contributed by atoms with Gasteiger partial charge in [-0.3, -0.25) is 5.10 Å². The van der Waals surface area contributed by atoms with Crippen molar-refractivity contribution >= 4 is 5.69 Å². The summed E-state index contributed by atoms with van der Waals surface area (Å²) >= 11 is 0. The molecule has 2 aromatic rings. The lowest BCUT2D eigenvalue weighted by Gasteiger charge is -2.26. The highest BCUT2D eigenvalue weighted by molar-refractivity contribution is 5.73. The molecule has 1 fully saturated rings. The minimum Gasteiger partial charge on any atom is -0.384 e. The quantitative estimate of drug-likeness (QED) is 0.866. The largest absolute Gasteiger partial charge is 0.384 e. The molecule has 0 amide bonds. The number of hydrogen-bond acceptors (Lipinski definition) is 3. The lowest BCUT2D eigenvalue weighted by Crippen LogP contribution is -2.21. The van der Waals surface area contributed by atoms with E-state index < -0.39 is 0 Å². The molecule has 0 unspecified atom stereocenters. The zero-order valence-electron chi connectivity index (χ0n) is 10.6. The molecule has 3 rings (SSSR count). The van der Waals surface area contributed by atoms with Crippen LogP contribution in [-0.4, -0.2) is 21.7 Å². The molecule has 0 aliphatic heterocycles. The molecule has 0 saturated heterocycles. The van der Waals surface area contributed by atoms with Gasteiger partial charge in [-0.25, -0.2) is 4.98 Å². The second kappa shape index (κ2) is 4.80. The molecule has 1 aromatic heterocycles. The number of anilines is 1. The van der Waals surface area contributed by atoms with Crippen LogP contribution in [0.25, 0.3) is 11.4 Å². The first kappa shape index (κ1) is 11.3. The molecule has 4 heteroatoms. The van der Waals surface area contributed by atoms with Gasteiger partial charge in [-0.1, -0.05) is 18.6 Å². The van der Waals surface area contributed by atoms with E-state index >= 15 is 0 Å². The number of nitrogens with zero attached hydrogens (tertiary/aromatic N) is 2. The molecule has 1 aliphatic rings. The zero-order valence-corrected chi connectivity index (χ0v) is 10.6. The van der Waals surface area contributed by atoms with E-state index in [9.17, 15) is 0 Å². The van der Waals surface area contributed by atoms with Gasteiger partial charge in [-0.2, -0.15) is 5.10 Å². The van der Waals surface area contributed by atoms with Gasteiger partial charge in [0, 0.05) is 17.8 Å². The summed E-state index contributed by atoms with van der Waals surface area (Å²) in [4.78, 5) is 4.40. The van der Waals surface area contributed by atoms with Crippen molar-refractivity contribution in [3.05, 3.63) is 30.1 Å². The third-order valence-corrected chi connectivity index (χ3v) is 3.57. The van der Waals surface area contributed by atoms with E-state index in [2.05, 4.69) is 32.6 Å². The second-order valence-corrected chi connectivity index (χ2v) is 4.97. The van der Waals surface area contributed by atoms with Gasteiger partial charge in [0.1, 0.15) is 5.82 Å².